The molecule has 1 fully saturated rings. The summed E-state index contributed by atoms with van der Waals surface area (Å²) in [6.45, 7) is 6.56. The number of benzene rings is 3. The molecule has 14 nitrogen and oxygen atoms in total. The first kappa shape index (κ1) is 51.4. The molecule has 2 N–H and O–H groups in total. The van der Waals surface area contributed by atoms with Crippen molar-refractivity contribution < 1.29 is 58.5 Å². The average Bonchev–Trinajstić information content (AvgIpc) is 3.81. The standard InChI is InChI=1S/C15H22ClNO2.C15H12F3NO4S.C10H5Cl2F3N4O2/c1-5-13-8-6-7-11(2)15(13)17(14(18)9-16)12(3)10-19-4;1-24(21,22)12-6-9(15(16,17)18)4-5-10(12)13(20)11-7-19-23-14(11)8-2-3-8;11-5-1-4(10(13,14)15)2-6(12)8(5)18-9(16)7(3-17-18)19(20)21/h6-8,12H,5,9-10H2,1-4H3;4-8H,2-3H2,1H3;1-3H,16H2. The minimum Gasteiger partial charge on any atom is -0.383 e. The summed E-state index contributed by atoms with van der Waals surface area (Å²) in [4.78, 5) is 35.8. The lowest BCUT2D eigenvalue weighted by molar-refractivity contribution is -0.383. The van der Waals surface area contributed by atoms with E-state index < -0.39 is 60.4 Å². The maximum absolute atomic E-state index is 12.8. The van der Waals surface area contributed by atoms with Gasteiger partial charge in [-0.3, -0.25) is 19.7 Å². The number of nitrogen functional groups attached to an aromatic ring is 1. The highest BCUT2D eigenvalue weighted by Crippen LogP contribution is 2.43. The van der Waals surface area contributed by atoms with Gasteiger partial charge in [0.15, 0.2) is 21.4 Å². The molecule has 1 aliphatic rings. The van der Waals surface area contributed by atoms with E-state index in [9.17, 15) is 54.5 Å². The molecule has 1 unspecified atom stereocenters. The topological polar surface area (TPSA) is 194 Å². The molecule has 24 heteroatoms. The number of ether oxygens (including phenoxy) is 1. The summed E-state index contributed by atoms with van der Waals surface area (Å²) in [5.41, 5.74) is 5.62. The molecular formula is C40H39Cl3F6N6O8S. The van der Waals surface area contributed by atoms with Gasteiger partial charge >= 0.3 is 18.0 Å². The minimum atomic E-state index is -4.71. The molecule has 64 heavy (non-hydrogen) atoms. The van der Waals surface area contributed by atoms with Crippen LogP contribution in [0.15, 0.2) is 70.3 Å². The number of nitrogens with zero attached hydrogens (tertiary/aromatic N) is 5. The predicted octanol–water partition coefficient (Wildman–Crippen LogP) is 10.1. The summed E-state index contributed by atoms with van der Waals surface area (Å²) in [6.07, 6.45) is -4.05. The molecule has 6 rings (SSSR count). The van der Waals surface area contributed by atoms with Crippen molar-refractivity contribution in [2.75, 3.05) is 36.5 Å². The van der Waals surface area contributed by atoms with Crippen LogP contribution < -0.4 is 10.6 Å². The Morgan fingerprint density at radius 2 is 1.64 bits per heavy atom. The third-order valence-corrected chi connectivity index (χ3v) is 11.4. The van der Waals surface area contributed by atoms with E-state index in [-0.39, 0.29) is 50.6 Å². The fourth-order valence-corrected chi connectivity index (χ4v) is 7.99. The summed E-state index contributed by atoms with van der Waals surface area (Å²) >= 11 is 17.3. The molecule has 346 valence electrons. The highest BCUT2D eigenvalue weighted by atomic mass is 35.5. The number of methoxy groups -OCH3 is 1. The predicted molar refractivity (Wildman–Crippen MR) is 226 cm³/mol. The molecule has 1 saturated carbocycles. The number of rotatable bonds is 12. The molecule has 5 aromatic rings. The van der Waals surface area contributed by atoms with Crippen molar-refractivity contribution in [3.05, 3.63) is 120 Å². The second-order valence-electron chi connectivity index (χ2n) is 14.2. The van der Waals surface area contributed by atoms with Crippen molar-refractivity contribution in [2.45, 2.75) is 69.2 Å². The normalized spacial score (nSPS) is 13.3. The highest BCUT2D eigenvalue weighted by Gasteiger charge is 2.37. The zero-order valence-electron chi connectivity index (χ0n) is 34.4. The van der Waals surface area contributed by atoms with E-state index in [1.54, 1.807) is 12.0 Å². The Hall–Kier alpha value is -5.22. The number of halogens is 9. The third-order valence-electron chi connectivity index (χ3n) is 9.46. The van der Waals surface area contributed by atoms with Gasteiger partial charge < -0.3 is 19.9 Å². The van der Waals surface area contributed by atoms with E-state index in [2.05, 4.69) is 23.2 Å². The molecule has 1 atom stereocenters. The number of hydrogen-bond acceptors (Lipinski definition) is 11. The Morgan fingerprint density at radius 3 is 2.12 bits per heavy atom. The van der Waals surface area contributed by atoms with Crippen LogP contribution in [0.25, 0.3) is 5.69 Å². The van der Waals surface area contributed by atoms with E-state index in [0.29, 0.717) is 36.6 Å². The van der Waals surface area contributed by atoms with Crippen molar-refractivity contribution in [2.24, 2.45) is 0 Å². The molecule has 1 amide bonds. The Bertz CT molecular complexity index is 2610. The molecule has 2 heterocycles. The molecule has 0 saturated heterocycles. The number of para-hydroxylation sites is 1. The van der Waals surface area contributed by atoms with Crippen molar-refractivity contribution >= 4 is 73.5 Å². The van der Waals surface area contributed by atoms with Crippen molar-refractivity contribution in [1.29, 1.82) is 0 Å². The quantitative estimate of drug-likeness (QED) is 0.0411. The van der Waals surface area contributed by atoms with Crippen LogP contribution in [-0.2, 0) is 38.1 Å². The van der Waals surface area contributed by atoms with E-state index >= 15 is 0 Å². The second kappa shape index (κ2) is 20.7. The molecular weight excluding hydrogens is 945 g/mol. The fourth-order valence-electron chi connectivity index (χ4n) is 6.32. The zero-order valence-corrected chi connectivity index (χ0v) is 37.4. The molecule has 0 spiro atoms. The van der Waals surface area contributed by atoms with Gasteiger partial charge in [-0.25, -0.2) is 13.1 Å². The smallest absolute Gasteiger partial charge is 0.383 e. The average molecular weight is 984 g/mol. The van der Waals surface area contributed by atoms with Gasteiger partial charge in [-0.05, 0) is 74.6 Å². The lowest BCUT2D eigenvalue weighted by atomic mass is 10.0. The van der Waals surface area contributed by atoms with Crippen molar-refractivity contribution in [3.8, 4) is 5.69 Å². The summed E-state index contributed by atoms with van der Waals surface area (Å²) in [6, 6.07) is 9.36. The second-order valence-corrected chi connectivity index (χ2v) is 17.3. The fraction of sp³-hybridized carbons (Fsp3) is 0.350. The molecule has 0 radical (unpaired) electrons. The summed E-state index contributed by atoms with van der Waals surface area (Å²) in [5, 5.41) is 17.1. The van der Waals surface area contributed by atoms with Gasteiger partial charge in [0.1, 0.15) is 17.8 Å². The number of nitrogens with two attached hydrogens (primary N) is 1. The van der Waals surface area contributed by atoms with E-state index in [1.165, 1.54) is 6.20 Å². The summed E-state index contributed by atoms with van der Waals surface area (Å²) < 4.78 is 111. The van der Waals surface area contributed by atoms with Crippen LogP contribution >= 0.6 is 34.8 Å². The van der Waals surface area contributed by atoms with Gasteiger partial charge in [0.2, 0.25) is 11.7 Å². The van der Waals surface area contributed by atoms with Crippen LogP contribution in [0.1, 0.15) is 76.5 Å². The first-order chi connectivity index (χ1) is 29.8. The molecule has 0 aliphatic heterocycles. The van der Waals surface area contributed by atoms with E-state index in [0.717, 1.165) is 59.3 Å². The largest absolute Gasteiger partial charge is 0.416 e. The number of anilines is 2. The molecule has 0 bridgehead atoms. The number of nitro groups is 1. The minimum absolute atomic E-state index is 0.0223. The maximum Gasteiger partial charge on any atom is 0.416 e. The van der Waals surface area contributed by atoms with E-state index in [4.69, 9.17) is 49.8 Å². The number of hydrogen-bond donors (Lipinski definition) is 1. The first-order valence-corrected chi connectivity index (χ1v) is 21.9. The van der Waals surface area contributed by atoms with Gasteiger partial charge in [0.05, 0.1) is 61.1 Å². The van der Waals surface area contributed by atoms with Crippen LogP contribution in [0.4, 0.5) is 43.5 Å². The van der Waals surface area contributed by atoms with Crippen LogP contribution in [0.5, 0.6) is 0 Å². The Morgan fingerprint density at radius 1 is 1.03 bits per heavy atom. The molecule has 1 aliphatic carbocycles. The zero-order chi connectivity index (χ0) is 48.1. The van der Waals surface area contributed by atoms with Crippen LogP contribution in [0.3, 0.4) is 0 Å². The number of carbonyl (C=O) groups is 2. The van der Waals surface area contributed by atoms with Gasteiger partial charge in [-0.1, -0.05) is 53.5 Å². The molecule has 3 aromatic carbocycles. The number of aromatic nitrogens is 3. The lowest BCUT2D eigenvalue weighted by Gasteiger charge is -2.31. The van der Waals surface area contributed by atoms with Crippen LogP contribution in [0.2, 0.25) is 10.0 Å². The first-order valence-electron chi connectivity index (χ1n) is 18.7. The number of sulfone groups is 1. The van der Waals surface area contributed by atoms with Crippen molar-refractivity contribution in [1.82, 2.24) is 14.9 Å². The number of aryl methyl sites for hydroxylation is 2. The van der Waals surface area contributed by atoms with Crippen LogP contribution in [0, 0.1) is 17.0 Å². The maximum atomic E-state index is 12.8. The SMILES string of the molecule is CCc1cccc(C)c1N(C(=O)CCl)C(C)COC.CS(=O)(=O)c1cc(C(F)(F)F)ccc1C(=O)c1cnoc1C1CC1.Nc1c([N+](=O)[O-])cnn1-c1c(Cl)cc(C(F)(F)F)cc1Cl. The number of ketones is 1. The Balaban J connectivity index is 0.000000212. The number of amides is 1. The monoisotopic (exact) mass is 982 g/mol. The van der Waals surface area contributed by atoms with E-state index in [1.807, 2.05) is 26.0 Å². The Labute approximate surface area is 377 Å². The van der Waals surface area contributed by atoms with Crippen LogP contribution in [-0.4, -0.2) is 71.9 Å². The summed E-state index contributed by atoms with van der Waals surface area (Å²) in [5.74, 6) is -0.834. The Kier molecular flexibility index (Phi) is 16.7. The summed E-state index contributed by atoms with van der Waals surface area (Å²) in [7, 11) is -2.40. The van der Waals surface area contributed by atoms with Gasteiger partial charge in [0, 0.05) is 24.8 Å². The third kappa shape index (κ3) is 12.1. The van der Waals surface area contributed by atoms with Gasteiger partial charge in [-0.15, -0.1) is 11.6 Å². The highest BCUT2D eigenvalue weighted by molar-refractivity contribution is 7.90. The van der Waals surface area contributed by atoms with Gasteiger partial charge in [0.25, 0.3) is 0 Å². The van der Waals surface area contributed by atoms with Crippen molar-refractivity contribution in [3.63, 3.8) is 0 Å². The number of carbonyl (C=O) groups excluding carboxylic acids is 2. The van der Waals surface area contributed by atoms with Gasteiger partial charge in [-0.2, -0.15) is 31.4 Å². The number of alkyl halides is 7. The molecule has 2 aromatic heterocycles. The lowest BCUT2D eigenvalue weighted by Crippen LogP contribution is -2.43.